The molecule has 0 bridgehead atoms. The maximum Gasteiger partial charge on any atom is 0.323 e. The predicted octanol–water partition coefficient (Wildman–Crippen LogP) is 4.17. The Morgan fingerprint density at radius 2 is 1.63 bits per heavy atom. The minimum absolute atomic E-state index is 0.228. The number of fused-ring (bicyclic) bond motifs is 1. The van der Waals surface area contributed by atoms with Crippen molar-refractivity contribution in [2.24, 2.45) is 5.73 Å². The Morgan fingerprint density at radius 1 is 0.963 bits per heavy atom. The summed E-state index contributed by atoms with van der Waals surface area (Å²) >= 11 is 0. The fraction of sp³-hybridized carbons (Fsp3) is 0. The summed E-state index contributed by atoms with van der Waals surface area (Å²) in [4.78, 5) is 13.4. The summed E-state index contributed by atoms with van der Waals surface area (Å²) in [5, 5.41) is 7.03. The molecule has 1 heterocycles. The Bertz CT molecular complexity index is 1120. The summed E-state index contributed by atoms with van der Waals surface area (Å²) in [6.07, 6.45) is 0. The third-order valence-corrected chi connectivity index (χ3v) is 4.37. The molecule has 0 spiro atoms. The Kier molecular flexibility index (Phi) is 3.97. The second-order valence-electron chi connectivity index (χ2n) is 6.01. The summed E-state index contributed by atoms with van der Waals surface area (Å²) in [6.45, 7) is 0. The lowest BCUT2D eigenvalue weighted by molar-refractivity contribution is 0.256. The highest BCUT2D eigenvalue weighted by atomic mass is 19.1. The number of nitrogen functional groups attached to an aromatic ring is 1. The van der Waals surface area contributed by atoms with Crippen molar-refractivity contribution in [1.82, 2.24) is 10.2 Å². The summed E-state index contributed by atoms with van der Waals surface area (Å²) in [5.74, 6) is -0.190. The Labute approximate surface area is 154 Å². The topological polar surface area (TPSA) is 101 Å². The first-order chi connectivity index (χ1) is 13.1. The lowest BCUT2D eigenvalue weighted by atomic mass is 10.0. The highest BCUT2D eigenvalue weighted by molar-refractivity contribution is 6.02. The molecule has 6 nitrogen and oxygen atoms in total. The first-order valence-corrected chi connectivity index (χ1v) is 8.23. The zero-order valence-corrected chi connectivity index (χ0v) is 14.2. The predicted molar refractivity (Wildman–Crippen MR) is 104 cm³/mol. The number of hydrogen-bond acceptors (Lipinski definition) is 3. The number of para-hydroxylation sites is 1. The first-order valence-electron chi connectivity index (χ1n) is 8.23. The van der Waals surface area contributed by atoms with Crippen molar-refractivity contribution in [2.75, 3.05) is 10.6 Å². The Balaban J connectivity index is 1.78. The SMILES string of the molecule is NC(=O)N(c1ccccc1)c1ccc(-c2ccc(F)c3[nH]nc(N)c23)cc1. The van der Waals surface area contributed by atoms with E-state index in [1.807, 2.05) is 30.3 Å². The van der Waals surface area contributed by atoms with Crippen LogP contribution in [-0.2, 0) is 0 Å². The van der Waals surface area contributed by atoms with E-state index in [-0.39, 0.29) is 11.3 Å². The fourth-order valence-corrected chi connectivity index (χ4v) is 3.14. The zero-order chi connectivity index (χ0) is 19.0. The molecule has 0 aliphatic heterocycles. The molecule has 0 saturated carbocycles. The molecular formula is C20H16FN5O. The van der Waals surface area contributed by atoms with Crippen molar-refractivity contribution in [3.05, 3.63) is 72.5 Å². The monoisotopic (exact) mass is 361 g/mol. The van der Waals surface area contributed by atoms with Gasteiger partial charge in [-0.3, -0.25) is 10.00 Å². The molecule has 0 saturated heterocycles. The molecule has 0 unspecified atom stereocenters. The lowest BCUT2D eigenvalue weighted by Gasteiger charge is -2.21. The number of primary amides is 1. The van der Waals surface area contributed by atoms with Gasteiger partial charge in [-0.25, -0.2) is 9.18 Å². The van der Waals surface area contributed by atoms with Crippen molar-refractivity contribution in [2.45, 2.75) is 0 Å². The van der Waals surface area contributed by atoms with Crippen LogP contribution in [0.2, 0.25) is 0 Å². The van der Waals surface area contributed by atoms with Crippen LogP contribution in [0.25, 0.3) is 22.0 Å². The molecule has 0 aliphatic carbocycles. The summed E-state index contributed by atoms with van der Waals surface area (Å²) in [6, 6.07) is 18.8. The number of nitrogens with two attached hydrogens (primary N) is 2. The normalized spacial score (nSPS) is 10.9. The van der Waals surface area contributed by atoms with Crippen LogP contribution in [0.4, 0.5) is 26.4 Å². The lowest BCUT2D eigenvalue weighted by Crippen LogP contribution is -2.31. The van der Waals surface area contributed by atoms with Crippen molar-refractivity contribution < 1.29 is 9.18 Å². The fourth-order valence-electron chi connectivity index (χ4n) is 3.14. The van der Waals surface area contributed by atoms with Crippen LogP contribution >= 0.6 is 0 Å². The molecule has 0 fully saturated rings. The molecule has 4 rings (SSSR count). The number of anilines is 3. The van der Waals surface area contributed by atoms with Gasteiger partial charge in [-0.05, 0) is 41.5 Å². The standard InChI is InChI=1S/C20H16FN5O/c21-16-11-10-15(17-18(16)24-25-19(17)22)12-6-8-14(9-7-12)26(20(23)27)13-4-2-1-3-5-13/h1-11H,(H2,23,27)(H3,22,24,25). The smallest absolute Gasteiger partial charge is 0.323 e. The van der Waals surface area contributed by atoms with Gasteiger partial charge in [0, 0.05) is 0 Å². The van der Waals surface area contributed by atoms with Crippen LogP contribution in [0.5, 0.6) is 0 Å². The molecule has 0 atom stereocenters. The Morgan fingerprint density at radius 3 is 2.30 bits per heavy atom. The number of carbonyl (C=O) groups is 1. The number of rotatable bonds is 3. The van der Waals surface area contributed by atoms with E-state index in [1.165, 1.54) is 11.0 Å². The van der Waals surface area contributed by atoms with Gasteiger partial charge in [0.2, 0.25) is 0 Å². The number of nitrogens with zero attached hydrogens (tertiary/aromatic N) is 2. The highest BCUT2D eigenvalue weighted by Gasteiger charge is 2.16. The van der Waals surface area contributed by atoms with Crippen LogP contribution in [0.15, 0.2) is 66.7 Å². The first kappa shape index (κ1) is 16.6. The molecule has 1 aromatic heterocycles. The Hall–Kier alpha value is -3.87. The molecule has 27 heavy (non-hydrogen) atoms. The van der Waals surface area contributed by atoms with Crippen molar-refractivity contribution in [1.29, 1.82) is 0 Å². The van der Waals surface area contributed by atoms with Gasteiger partial charge in [-0.15, -0.1) is 0 Å². The third-order valence-electron chi connectivity index (χ3n) is 4.37. The van der Waals surface area contributed by atoms with Gasteiger partial charge in [0.15, 0.2) is 5.82 Å². The summed E-state index contributed by atoms with van der Waals surface area (Å²) < 4.78 is 14.0. The van der Waals surface area contributed by atoms with Gasteiger partial charge >= 0.3 is 6.03 Å². The maximum atomic E-state index is 14.0. The van der Waals surface area contributed by atoms with Gasteiger partial charge in [0.05, 0.1) is 16.8 Å². The number of carbonyl (C=O) groups excluding carboxylic acids is 1. The molecule has 4 aromatic rings. The third kappa shape index (κ3) is 2.85. The van der Waals surface area contributed by atoms with E-state index in [0.717, 1.165) is 11.1 Å². The average molecular weight is 361 g/mol. The average Bonchev–Trinajstić information content (AvgIpc) is 3.07. The number of hydrogen-bond donors (Lipinski definition) is 3. The van der Waals surface area contributed by atoms with E-state index < -0.39 is 11.8 Å². The maximum absolute atomic E-state index is 14.0. The molecule has 5 N–H and O–H groups in total. The minimum Gasteiger partial charge on any atom is -0.382 e. The molecule has 3 aromatic carbocycles. The van der Waals surface area contributed by atoms with Gasteiger partial charge < -0.3 is 11.5 Å². The van der Waals surface area contributed by atoms with Gasteiger partial charge in [-0.2, -0.15) is 5.10 Å². The van der Waals surface area contributed by atoms with Gasteiger partial charge in [0.25, 0.3) is 0 Å². The van der Waals surface area contributed by atoms with Crippen LogP contribution < -0.4 is 16.4 Å². The number of aromatic amines is 1. The van der Waals surface area contributed by atoms with Crippen molar-refractivity contribution in [3.8, 4) is 11.1 Å². The molecule has 0 aliphatic rings. The van der Waals surface area contributed by atoms with Crippen LogP contribution in [0.3, 0.4) is 0 Å². The number of urea groups is 1. The van der Waals surface area contributed by atoms with Crippen LogP contribution in [0, 0.1) is 5.82 Å². The minimum atomic E-state index is -0.586. The van der Waals surface area contributed by atoms with E-state index >= 15 is 0 Å². The second kappa shape index (κ2) is 6.45. The van der Waals surface area contributed by atoms with E-state index in [4.69, 9.17) is 11.5 Å². The van der Waals surface area contributed by atoms with E-state index in [0.29, 0.717) is 16.8 Å². The molecule has 134 valence electrons. The van der Waals surface area contributed by atoms with Crippen LogP contribution in [-0.4, -0.2) is 16.2 Å². The number of benzene rings is 3. The molecule has 2 amide bonds. The number of H-pyrrole nitrogens is 1. The van der Waals surface area contributed by atoms with Gasteiger partial charge in [0.1, 0.15) is 11.3 Å². The molecule has 0 radical (unpaired) electrons. The number of amides is 2. The number of aromatic nitrogens is 2. The van der Waals surface area contributed by atoms with E-state index in [1.54, 1.807) is 30.3 Å². The largest absolute Gasteiger partial charge is 0.382 e. The van der Waals surface area contributed by atoms with Crippen molar-refractivity contribution in [3.63, 3.8) is 0 Å². The molecular weight excluding hydrogens is 345 g/mol. The van der Waals surface area contributed by atoms with Crippen LogP contribution in [0.1, 0.15) is 0 Å². The number of nitrogens with one attached hydrogen (secondary N) is 1. The summed E-state index contributed by atoms with van der Waals surface area (Å²) in [5.41, 5.74) is 14.6. The summed E-state index contributed by atoms with van der Waals surface area (Å²) in [7, 11) is 0. The van der Waals surface area contributed by atoms with Crippen molar-refractivity contribution >= 4 is 34.1 Å². The molecule has 7 heteroatoms. The highest BCUT2D eigenvalue weighted by Crippen LogP contribution is 2.34. The zero-order valence-electron chi connectivity index (χ0n) is 14.2. The second-order valence-corrected chi connectivity index (χ2v) is 6.01. The van der Waals surface area contributed by atoms with Gasteiger partial charge in [-0.1, -0.05) is 36.4 Å². The van der Waals surface area contributed by atoms with E-state index in [2.05, 4.69) is 10.2 Å². The quantitative estimate of drug-likeness (QED) is 0.510. The number of halogens is 1. The van der Waals surface area contributed by atoms with E-state index in [9.17, 15) is 9.18 Å².